The first kappa shape index (κ1) is 13.3. The lowest BCUT2D eigenvalue weighted by Crippen LogP contribution is -2.36. The van der Waals surface area contributed by atoms with Gasteiger partial charge in [-0.2, -0.15) is 0 Å². The third-order valence-corrected chi connectivity index (χ3v) is 3.48. The van der Waals surface area contributed by atoms with E-state index in [-0.39, 0.29) is 0 Å². The highest BCUT2D eigenvalue weighted by Crippen LogP contribution is 2.41. The Kier molecular flexibility index (Phi) is 4.59. The molecule has 1 aliphatic heterocycles. The molecule has 0 aromatic carbocycles. The first-order chi connectivity index (χ1) is 8.84. The van der Waals surface area contributed by atoms with Gasteiger partial charge in [-0.15, -0.1) is 0 Å². The third kappa shape index (κ3) is 3.02. The Hall–Kier alpha value is -1.09. The van der Waals surface area contributed by atoms with Crippen molar-refractivity contribution >= 4 is 5.69 Å². The maximum atomic E-state index is 5.39. The molecule has 3 nitrogen and oxygen atoms in total. The van der Waals surface area contributed by atoms with E-state index in [2.05, 4.69) is 29.1 Å². The van der Waals surface area contributed by atoms with Crippen molar-refractivity contribution in [3.8, 4) is 0 Å². The molecule has 0 amide bonds. The van der Waals surface area contributed by atoms with Crippen LogP contribution in [0.2, 0.25) is 0 Å². The van der Waals surface area contributed by atoms with Crippen LogP contribution in [-0.2, 0) is 4.74 Å². The van der Waals surface area contributed by atoms with E-state index < -0.39 is 0 Å². The van der Waals surface area contributed by atoms with Gasteiger partial charge in [0.15, 0.2) is 0 Å². The number of hydrogen-bond acceptors (Lipinski definition) is 3. The Balaban J connectivity index is 0.000000574. The molecule has 100 valence electrons. The van der Waals surface area contributed by atoms with E-state index in [4.69, 9.17) is 4.74 Å². The molecule has 1 aromatic rings. The molecule has 2 fully saturated rings. The summed E-state index contributed by atoms with van der Waals surface area (Å²) in [6.07, 6.45) is 4.73. The molecular formula is C15H24N2O. The second kappa shape index (κ2) is 6.19. The fourth-order valence-electron chi connectivity index (χ4n) is 2.30. The number of aryl methyl sites for hydroxylation is 1. The molecule has 1 aromatic heterocycles. The van der Waals surface area contributed by atoms with Gasteiger partial charge in [-0.05, 0) is 37.3 Å². The fourth-order valence-corrected chi connectivity index (χ4v) is 2.30. The maximum absolute atomic E-state index is 5.39. The largest absolute Gasteiger partial charge is 0.378 e. The van der Waals surface area contributed by atoms with E-state index >= 15 is 0 Å². The zero-order chi connectivity index (χ0) is 13.0. The molecule has 0 bridgehead atoms. The van der Waals surface area contributed by atoms with E-state index in [0.717, 1.165) is 37.9 Å². The molecule has 1 saturated carbocycles. The SMILES string of the molecule is CC.Cc1ncc(C2CC2)cc1N1CCOCC1. The van der Waals surface area contributed by atoms with Crippen LogP contribution >= 0.6 is 0 Å². The Labute approximate surface area is 110 Å². The monoisotopic (exact) mass is 248 g/mol. The number of ether oxygens (including phenoxy) is 1. The van der Waals surface area contributed by atoms with Crippen LogP contribution in [0.3, 0.4) is 0 Å². The number of pyridine rings is 1. The summed E-state index contributed by atoms with van der Waals surface area (Å²) >= 11 is 0. The van der Waals surface area contributed by atoms with Crippen LogP contribution in [0.5, 0.6) is 0 Å². The van der Waals surface area contributed by atoms with Crippen molar-refractivity contribution < 1.29 is 4.74 Å². The van der Waals surface area contributed by atoms with E-state index in [1.54, 1.807) is 0 Å². The second-order valence-corrected chi connectivity index (χ2v) is 4.75. The third-order valence-electron chi connectivity index (χ3n) is 3.48. The molecule has 0 spiro atoms. The van der Waals surface area contributed by atoms with Crippen molar-refractivity contribution in [2.24, 2.45) is 0 Å². The lowest BCUT2D eigenvalue weighted by molar-refractivity contribution is 0.122. The minimum Gasteiger partial charge on any atom is -0.378 e. The molecule has 0 radical (unpaired) electrons. The van der Waals surface area contributed by atoms with Gasteiger partial charge in [-0.1, -0.05) is 13.8 Å². The average molecular weight is 248 g/mol. The Morgan fingerprint density at radius 1 is 1.22 bits per heavy atom. The number of anilines is 1. The lowest BCUT2D eigenvalue weighted by atomic mass is 10.1. The highest BCUT2D eigenvalue weighted by atomic mass is 16.5. The van der Waals surface area contributed by atoms with Crippen LogP contribution in [-0.4, -0.2) is 31.3 Å². The summed E-state index contributed by atoms with van der Waals surface area (Å²) in [5.41, 5.74) is 3.88. The van der Waals surface area contributed by atoms with Gasteiger partial charge in [-0.25, -0.2) is 0 Å². The van der Waals surface area contributed by atoms with Crippen LogP contribution in [0.25, 0.3) is 0 Å². The number of morpholine rings is 1. The smallest absolute Gasteiger partial charge is 0.0642 e. The Morgan fingerprint density at radius 2 is 1.89 bits per heavy atom. The van der Waals surface area contributed by atoms with Gasteiger partial charge in [0, 0.05) is 19.3 Å². The second-order valence-electron chi connectivity index (χ2n) is 4.75. The van der Waals surface area contributed by atoms with Gasteiger partial charge < -0.3 is 9.64 Å². The first-order valence-corrected chi connectivity index (χ1v) is 7.14. The molecular weight excluding hydrogens is 224 g/mol. The maximum Gasteiger partial charge on any atom is 0.0642 e. The quantitative estimate of drug-likeness (QED) is 0.804. The summed E-state index contributed by atoms with van der Waals surface area (Å²) in [6.45, 7) is 9.77. The zero-order valence-corrected chi connectivity index (χ0v) is 11.8. The predicted molar refractivity (Wildman–Crippen MR) is 75.3 cm³/mol. The molecule has 0 unspecified atom stereocenters. The lowest BCUT2D eigenvalue weighted by Gasteiger charge is -2.30. The van der Waals surface area contributed by atoms with Gasteiger partial charge in [-0.3, -0.25) is 4.98 Å². The molecule has 3 heteroatoms. The Morgan fingerprint density at radius 3 is 2.50 bits per heavy atom. The van der Waals surface area contributed by atoms with E-state index in [1.165, 1.54) is 24.1 Å². The van der Waals surface area contributed by atoms with Crippen molar-refractivity contribution in [3.05, 3.63) is 23.5 Å². The van der Waals surface area contributed by atoms with E-state index in [9.17, 15) is 0 Å². The van der Waals surface area contributed by atoms with Crippen molar-refractivity contribution in [1.82, 2.24) is 4.98 Å². The number of nitrogens with zero attached hydrogens (tertiary/aromatic N) is 2. The van der Waals surface area contributed by atoms with Crippen molar-refractivity contribution in [1.29, 1.82) is 0 Å². The highest BCUT2D eigenvalue weighted by Gasteiger charge is 2.25. The van der Waals surface area contributed by atoms with Crippen molar-refractivity contribution in [2.75, 3.05) is 31.2 Å². The topological polar surface area (TPSA) is 25.4 Å². The van der Waals surface area contributed by atoms with E-state index in [0.29, 0.717) is 0 Å². The first-order valence-electron chi connectivity index (χ1n) is 7.14. The van der Waals surface area contributed by atoms with Gasteiger partial charge in [0.05, 0.1) is 24.6 Å². The summed E-state index contributed by atoms with van der Waals surface area (Å²) in [4.78, 5) is 6.93. The molecule has 18 heavy (non-hydrogen) atoms. The highest BCUT2D eigenvalue weighted by molar-refractivity contribution is 5.53. The normalized spacial score (nSPS) is 19.2. The summed E-state index contributed by atoms with van der Waals surface area (Å²) < 4.78 is 5.39. The summed E-state index contributed by atoms with van der Waals surface area (Å²) in [7, 11) is 0. The Bertz CT molecular complexity index is 382. The molecule has 2 heterocycles. The van der Waals surface area contributed by atoms with Gasteiger partial charge >= 0.3 is 0 Å². The minimum absolute atomic E-state index is 0.785. The summed E-state index contributed by atoms with van der Waals surface area (Å²) in [6, 6.07) is 2.34. The zero-order valence-electron chi connectivity index (χ0n) is 11.8. The molecule has 0 atom stereocenters. The van der Waals surface area contributed by atoms with Gasteiger partial charge in [0.2, 0.25) is 0 Å². The van der Waals surface area contributed by atoms with Crippen LogP contribution in [0.1, 0.15) is 43.9 Å². The van der Waals surface area contributed by atoms with Crippen LogP contribution in [0, 0.1) is 6.92 Å². The molecule has 2 aliphatic rings. The molecule has 3 rings (SSSR count). The van der Waals surface area contributed by atoms with E-state index in [1.807, 2.05) is 13.8 Å². The van der Waals surface area contributed by atoms with Gasteiger partial charge in [0.1, 0.15) is 0 Å². The predicted octanol–water partition coefficient (Wildman–Crippen LogP) is 3.13. The molecule has 1 saturated heterocycles. The van der Waals surface area contributed by atoms with Crippen LogP contribution in [0.15, 0.2) is 12.3 Å². The van der Waals surface area contributed by atoms with Crippen molar-refractivity contribution in [2.45, 2.75) is 39.5 Å². The molecule has 1 aliphatic carbocycles. The number of hydrogen-bond donors (Lipinski definition) is 0. The van der Waals surface area contributed by atoms with Crippen LogP contribution in [0.4, 0.5) is 5.69 Å². The fraction of sp³-hybridized carbons (Fsp3) is 0.667. The standard InChI is InChI=1S/C13H18N2O.C2H6/c1-10-13(15-4-6-16-7-5-15)8-12(9-14-10)11-2-3-11;1-2/h8-9,11H,2-7H2,1H3;1-2H3. The van der Waals surface area contributed by atoms with Gasteiger partial charge in [0.25, 0.3) is 0 Å². The average Bonchev–Trinajstić information content (AvgIpc) is 3.27. The minimum atomic E-state index is 0.785. The summed E-state index contributed by atoms with van der Waals surface area (Å²) in [5.74, 6) is 0.785. The number of rotatable bonds is 2. The number of aromatic nitrogens is 1. The molecule has 0 N–H and O–H groups in total. The van der Waals surface area contributed by atoms with Crippen molar-refractivity contribution in [3.63, 3.8) is 0 Å². The summed E-state index contributed by atoms with van der Waals surface area (Å²) in [5, 5.41) is 0. The van der Waals surface area contributed by atoms with Crippen LogP contribution < -0.4 is 4.90 Å².